The second kappa shape index (κ2) is 5.63. The van der Waals surface area contributed by atoms with Crippen molar-refractivity contribution in [3.8, 4) is 11.4 Å². The maximum atomic E-state index is 13.1. The second-order valence-corrected chi connectivity index (χ2v) is 7.15. The number of fused-ring (bicyclic) bond motifs is 3. The first-order valence-corrected chi connectivity index (χ1v) is 8.84. The molecule has 0 spiro atoms. The number of aromatic nitrogens is 2. The minimum Gasteiger partial charge on any atom is -0.497 e. The Balaban J connectivity index is 2.05. The molecule has 0 saturated carbocycles. The normalized spacial score (nSPS) is 13.9. The van der Waals surface area contributed by atoms with Crippen LogP contribution < -0.4 is 16.0 Å². The number of hydrogen-bond donors (Lipinski definition) is 0. The average molecular weight is 342 g/mol. The van der Waals surface area contributed by atoms with E-state index in [1.54, 1.807) is 54.3 Å². The second-order valence-electron chi connectivity index (χ2n) is 6.07. The summed E-state index contributed by atoms with van der Waals surface area (Å²) in [5.41, 5.74) is 1.19. The van der Waals surface area contributed by atoms with Crippen LogP contribution in [0.5, 0.6) is 5.75 Å². The molecule has 124 valence electrons. The summed E-state index contributed by atoms with van der Waals surface area (Å²) in [4.78, 5) is 27.9. The van der Waals surface area contributed by atoms with E-state index < -0.39 is 0 Å². The van der Waals surface area contributed by atoms with E-state index >= 15 is 0 Å². The highest BCUT2D eigenvalue weighted by molar-refractivity contribution is 7.18. The van der Waals surface area contributed by atoms with Crippen LogP contribution in [0.1, 0.15) is 23.3 Å². The summed E-state index contributed by atoms with van der Waals surface area (Å²) >= 11 is 1.59. The zero-order valence-electron chi connectivity index (χ0n) is 13.7. The monoisotopic (exact) mass is 342 g/mol. The zero-order chi connectivity index (χ0) is 16.8. The van der Waals surface area contributed by atoms with Gasteiger partial charge >= 0.3 is 5.69 Å². The van der Waals surface area contributed by atoms with E-state index in [0.29, 0.717) is 16.8 Å². The van der Waals surface area contributed by atoms with Crippen LogP contribution in [0.15, 0.2) is 33.9 Å². The Kier molecular flexibility index (Phi) is 3.57. The largest absolute Gasteiger partial charge is 0.497 e. The lowest BCUT2D eigenvalue weighted by Gasteiger charge is -2.11. The number of rotatable bonds is 2. The molecule has 0 atom stereocenters. The Bertz CT molecular complexity index is 1040. The standard InChI is InChI=1S/C18H18N2O3S/c1-19-17-15(13-5-3-4-6-14(13)24-17)16(21)20(18(19)22)11-7-9-12(23-2)10-8-11/h7-10H,3-6H2,1-2H3. The van der Waals surface area contributed by atoms with Crippen molar-refractivity contribution in [1.82, 2.24) is 9.13 Å². The molecule has 24 heavy (non-hydrogen) atoms. The third-order valence-corrected chi connectivity index (χ3v) is 6.05. The molecule has 3 aromatic rings. The van der Waals surface area contributed by atoms with Gasteiger partial charge in [0.25, 0.3) is 5.56 Å². The van der Waals surface area contributed by atoms with E-state index in [4.69, 9.17) is 4.74 Å². The van der Waals surface area contributed by atoms with E-state index in [0.717, 1.165) is 36.1 Å². The fraction of sp³-hybridized carbons (Fsp3) is 0.333. The first-order valence-electron chi connectivity index (χ1n) is 8.02. The molecular formula is C18H18N2O3S. The van der Waals surface area contributed by atoms with E-state index in [2.05, 4.69) is 0 Å². The van der Waals surface area contributed by atoms with Crippen LogP contribution >= 0.6 is 11.3 Å². The van der Waals surface area contributed by atoms with Gasteiger partial charge in [-0.05, 0) is 55.5 Å². The zero-order valence-corrected chi connectivity index (χ0v) is 14.5. The summed E-state index contributed by atoms with van der Waals surface area (Å²) in [6.45, 7) is 0. The van der Waals surface area contributed by atoms with Gasteiger partial charge in [-0.2, -0.15) is 0 Å². The van der Waals surface area contributed by atoms with Gasteiger partial charge in [-0.15, -0.1) is 11.3 Å². The Morgan fingerprint density at radius 2 is 1.79 bits per heavy atom. The Morgan fingerprint density at radius 3 is 2.50 bits per heavy atom. The number of nitrogens with zero attached hydrogens (tertiary/aromatic N) is 2. The van der Waals surface area contributed by atoms with Gasteiger partial charge in [0.1, 0.15) is 10.6 Å². The Labute approximate surface area is 142 Å². The van der Waals surface area contributed by atoms with E-state index in [9.17, 15) is 9.59 Å². The summed E-state index contributed by atoms with van der Waals surface area (Å²) < 4.78 is 8.02. The molecule has 1 aromatic carbocycles. The highest BCUT2D eigenvalue weighted by atomic mass is 32.1. The smallest absolute Gasteiger partial charge is 0.336 e. The van der Waals surface area contributed by atoms with Gasteiger partial charge in [-0.25, -0.2) is 9.36 Å². The number of methoxy groups -OCH3 is 1. The van der Waals surface area contributed by atoms with Crippen LogP contribution in [0.25, 0.3) is 15.9 Å². The van der Waals surface area contributed by atoms with Gasteiger partial charge in [-0.3, -0.25) is 9.36 Å². The van der Waals surface area contributed by atoms with Gasteiger partial charge in [0.2, 0.25) is 0 Å². The Hall–Kier alpha value is -2.34. The molecule has 4 rings (SSSR count). The predicted octanol–water partition coefficient (Wildman–Crippen LogP) is 2.64. The molecule has 6 heteroatoms. The summed E-state index contributed by atoms with van der Waals surface area (Å²) in [6, 6.07) is 7.00. The highest BCUT2D eigenvalue weighted by Crippen LogP contribution is 2.33. The van der Waals surface area contributed by atoms with Crippen molar-refractivity contribution in [1.29, 1.82) is 0 Å². The molecule has 2 heterocycles. The van der Waals surface area contributed by atoms with Crippen LogP contribution in [0.2, 0.25) is 0 Å². The lowest BCUT2D eigenvalue weighted by molar-refractivity contribution is 0.414. The van der Waals surface area contributed by atoms with E-state index in [1.165, 1.54) is 9.44 Å². The summed E-state index contributed by atoms with van der Waals surface area (Å²) in [7, 11) is 3.33. The van der Waals surface area contributed by atoms with Crippen LogP contribution in [-0.4, -0.2) is 16.2 Å². The molecule has 0 bridgehead atoms. The van der Waals surface area contributed by atoms with Crippen LogP contribution in [0, 0.1) is 0 Å². The fourth-order valence-corrected chi connectivity index (χ4v) is 4.74. The molecule has 1 aliphatic carbocycles. The molecule has 0 saturated heterocycles. The van der Waals surface area contributed by atoms with Crippen molar-refractivity contribution in [2.75, 3.05) is 7.11 Å². The molecule has 2 aromatic heterocycles. The maximum Gasteiger partial charge on any atom is 0.336 e. The molecule has 0 unspecified atom stereocenters. The number of benzene rings is 1. The van der Waals surface area contributed by atoms with Crippen LogP contribution in [0.4, 0.5) is 0 Å². The molecule has 0 aliphatic heterocycles. The van der Waals surface area contributed by atoms with Crippen molar-refractivity contribution < 1.29 is 4.74 Å². The van der Waals surface area contributed by atoms with Gasteiger partial charge in [0, 0.05) is 11.9 Å². The summed E-state index contributed by atoms with van der Waals surface area (Å²) in [5.74, 6) is 0.692. The third-order valence-electron chi connectivity index (χ3n) is 4.68. The first-order chi connectivity index (χ1) is 11.6. The molecule has 0 radical (unpaired) electrons. The van der Waals surface area contributed by atoms with Crippen molar-refractivity contribution in [3.63, 3.8) is 0 Å². The lowest BCUT2D eigenvalue weighted by atomic mass is 9.97. The van der Waals surface area contributed by atoms with Crippen molar-refractivity contribution in [3.05, 3.63) is 55.5 Å². The van der Waals surface area contributed by atoms with Gasteiger partial charge in [0.15, 0.2) is 0 Å². The van der Waals surface area contributed by atoms with Crippen molar-refractivity contribution >= 4 is 21.6 Å². The summed E-state index contributed by atoms with van der Waals surface area (Å²) in [5, 5.41) is 0.715. The van der Waals surface area contributed by atoms with Crippen LogP contribution in [0.3, 0.4) is 0 Å². The van der Waals surface area contributed by atoms with E-state index in [1.807, 2.05) is 0 Å². The number of aryl methyl sites for hydroxylation is 3. The Morgan fingerprint density at radius 1 is 1.08 bits per heavy atom. The topological polar surface area (TPSA) is 53.2 Å². The SMILES string of the molecule is COc1ccc(-n2c(=O)c3c4c(sc3n(C)c2=O)CCCC4)cc1. The minimum atomic E-state index is -0.309. The molecule has 1 aliphatic rings. The minimum absolute atomic E-state index is 0.210. The predicted molar refractivity (Wildman–Crippen MR) is 95.9 cm³/mol. The summed E-state index contributed by atoms with van der Waals surface area (Å²) in [6.07, 6.45) is 4.18. The van der Waals surface area contributed by atoms with Gasteiger partial charge in [0.05, 0.1) is 18.2 Å². The molecule has 0 fully saturated rings. The maximum absolute atomic E-state index is 13.1. The van der Waals surface area contributed by atoms with Gasteiger partial charge in [-0.1, -0.05) is 0 Å². The number of ether oxygens (including phenoxy) is 1. The van der Waals surface area contributed by atoms with Crippen molar-refractivity contribution in [2.24, 2.45) is 7.05 Å². The van der Waals surface area contributed by atoms with Crippen molar-refractivity contribution in [2.45, 2.75) is 25.7 Å². The average Bonchev–Trinajstić information content (AvgIpc) is 3.00. The fourth-order valence-electron chi connectivity index (χ4n) is 3.40. The molecule has 5 nitrogen and oxygen atoms in total. The third kappa shape index (κ3) is 2.13. The lowest BCUT2D eigenvalue weighted by Crippen LogP contribution is -2.37. The molecular weight excluding hydrogens is 324 g/mol. The van der Waals surface area contributed by atoms with Crippen LogP contribution in [-0.2, 0) is 19.9 Å². The van der Waals surface area contributed by atoms with E-state index in [-0.39, 0.29) is 11.2 Å². The first kappa shape index (κ1) is 15.2. The highest BCUT2D eigenvalue weighted by Gasteiger charge is 2.22. The quantitative estimate of drug-likeness (QED) is 0.719. The molecule has 0 amide bonds. The van der Waals surface area contributed by atoms with Gasteiger partial charge < -0.3 is 4.74 Å². The number of hydrogen-bond acceptors (Lipinski definition) is 4. The number of thiophene rings is 1. The molecule has 0 N–H and O–H groups in total.